The molecular weight excluding hydrogens is 1210 g/mol. The summed E-state index contributed by atoms with van der Waals surface area (Å²) in [6, 6.07) is 0. The van der Waals surface area contributed by atoms with Crippen molar-refractivity contribution in [2.24, 2.45) is 41.4 Å². The average molecular weight is 1270 g/mol. The molecule has 12 fully saturated rings. The maximum absolute atomic E-state index is 12.7. The van der Waals surface area contributed by atoms with E-state index in [9.17, 15) is 75.5 Å². The lowest BCUT2D eigenvalue weighted by atomic mass is 9.78. The Labute approximate surface area is 502 Å². The zero-order valence-electron chi connectivity index (χ0n) is 48.2. The lowest BCUT2D eigenvalue weighted by Crippen LogP contribution is -2.45. The van der Waals surface area contributed by atoms with Gasteiger partial charge in [0.05, 0.1) is 47.9 Å². The first-order chi connectivity index (χ1) is 41.7. The summed E-state index contributed by atoms with van der Waals surface area (Å²) in [5.74, 6) is -11.6. The van der Waals surface area contributed by atoms with Crippen LogP contribution >= 0.6 is 0 Å². The molecule has 484 valence electrons. The predicted octanol–water partition coefficient (Wildman–Crippen LogP) is 0.510. The van der Waals surface area contributed by atoms with Crippen LogP contribution in [0, 0.1) is 41.4 Å². The van der Waals surface area contributed by atoms with E-state index in [-0.39, 0.29) is 77.1 Å². The molecule has 21 unspecified atom stereocenters. The van der Waals surface area contributed by atoms with Crippen molar-refractivity contribution >= 4 is 77.6 Å². The van der Waals surface area contributed by atoms with Crippen LogP contribution in [-0.4, -0.2) is 201 Å². The molecule has 2 saturated carbocycles. The van der Waals surface area contributed by atoms with Crippen molar-refractivity contribution in [2.45, 2.75) is 158 Å². The van der Waals surface area contributed by atoms with Gasteiger partial charge >= 0.3 is 83.8 Å². The standard InChI is InChI=1S/C19H24O8.C13H11F3O7.C13H14O7.C12H12O7/c1-8(2)16(21)24-7-11(20)25-14-10-6-9-12(17(22)26-15(9)14)13(10)18(23)27-19(3,4)5;1-4(13(14,15)16)11(18)20-3-7(17)22-9-6-2-5-8(21-6)10(9)23-12(5)19;1-5(2)12(15)17-4-8(14)19-10-7-3-6-9(18-7)11(10)20-13(6)16;1-2-7(13)16-4-8(14)18-10-6-3-5-9(17-6)11(10)19-12(5)15/h9-10,12-15H,1,6-7H2,2-5H3;5-6,8-10H,1-3H2;6-7,9-11H,1,3-4H2,2H3;2,5-6,9-11H,1,3-4H2. The fraction of sp³-hybridized carbons (Fsp3) is 0.632. The molecule has 0 amide bonds. The normalized spacial score (nSPS) is 35.3. The Morgan fingerprint density at radius 3 is 1.21 bits per heavy atom. The average Bonchev–Trinajstić information content (AvgIpc) is 1.60. The van der Waals surface area contributed by atoms with Gasteiger partial charge in [0.2, 0.25) is 0 Å². The largest absolute Gasteiger partial charge is 0.460 e. The minimum atomic E-state index is -4.94. The Morgan fingerprint density at radius 2 is 0.854 bits per heavy atom. The molecule has 0 aromatic carbocycles. The number of hydrogen-bond donors (Lipinski definition) is 0. The van der Waals surface area contributed by atoms with Crippen molar-refractivity contribution in [2.75, 3.05) is 26.4 Å². The molecule has 0 N–H and O–H groups in total. The van der Waals surface area contributed by atoms with Crippen LogP contribution in [-0.2, 0) is 138 Å². The molecule has 0 radical (unpaired) electrons. The van der Waals surface area contributed by atoms with E-state index in [0.29, 0.717) is 25.7 Å². The summed E-state index contributed by atoms with van der Waals surface area (Å²) in [5.41, 5.74) is -2.04. The Hall–Kier alpha value is -8.26. The fourth-order valence-corrected chi connectivity index (χ4v) is 12.7. The van der Waals surface area contributed by atoms with E-state index >= 15 is 0 Å². The van der Waals surface area contributed by atoms with Gasteiger partial charge in [-0.2, -0.15) is 13.2 Å². The molecule has 12 rings (SSSR count). The topological polar surface area (TPSA) is 370 Å². The van der Waals surface area contributed by atoms with Gasteiger partial charge in [0.15, 0.2) is 63.1 Å². The Balaban J connectivity index is 0.000000142. The Bertz CT molecular complexity index is 3030. The number of carbonyl (C=O) groups excluding carboxylic acids is 13. The zero-order valence-corrected chi connectivity index (χ0v) is 48.2. The minimum absolute atomic E-state index is 0.167. The zero-order chi connectivity index (χ0) is 65.0. The second-order valence-electron chi connectivity index (χ2n) is 23.6. The molecule has 32 heteroatoms. The van der Waals surface area contributed by atoms with Crippen LogP contribution in [0.15, 0.2) is 49.1 Å². The molecule has 0 aromatic rings. The number of halogens is 3. The molecule has 12 aliphatic rings. The van der Waals surface area contributed by atoms with Gasteiger partial charge in [0.1, 0.15) is 41.7 Å². The van der Waals surface area contributed by atoms with Crippen LogP contribution in [0.4, 0.5) is 13.2 Å². The first-order valence-electron chi connectivity index (χ1n) is 27.9. The van der Waals surface area contributed by atoms with Crippen LogP contribution in [0.3, 0.4) is 0 Å². The molecule has 0 aromatic heterocycles. The van der Waals surface area contributed by atoms with Crippen molar-refractivity contribution in [1.29, 1.82) is 0 Å². The summed E-state index contributed by atoms with van der Waals surface area (Å²) in [5, 5.41) is 0. The van der Waals surface area contributed by atoms with Gasteiger partial charge in [0.25, 0.3) is 0 Å². The monoisotopic (exact) mass is 1270 g/mol. The van der Waals surface area contributed by atoms with Crippen LogP contribution in [0.2, 0.25) is 0 Å². The molecule has 21 atom stereocenters. The number of hydrogen-bond acceptors (Lipinski definition) is 29. The van der Waals surface area contributed by atoms with Crippen LogP contribution in [0.1, 0.15) is 60.3 Å². The molecule has 89 heavy (non-hydrogen) atoms. The SMILES string of the molecule is C=C(C(=O)OCC(=O)OC1C2CC3C(=O)OC1C3O2)C(F)(F)F.C=C(C)C(=O)OCC(=O)OC1C2CC3C(=O)OC1C3O2.C=C(C)C(=O)OCC(=O)OC1C2CC3C1OC(=O)C3C2C(=O)OC(C)(C)C.C=CC(=O)OCC(=O)OC1C2CC3C(=O)OC1C3O2. The predicted molar refractivity (Wildman–Crippen MR) is 273 cm³/mol. The number of fused-ring (bicyclic) bond motifs is 4. The van der Waals surface area contributed by atoms with Gasteiger partial charge in [-0.25, -0.2) is 38.4 Å². The smallest absolute Gasteiger partial charge is 0.422 e. The summed E-state index contributed by atoms with van der Waals surface area (Å²) in [4.78, 5) is 151. The molecule has 10 saturated heterocycles. The molecule has 0 spiro atoms. The highest BCUT2D eigenvalue weighted by molar-refractivity contribution is 5.91. The van der Waals surface area contributed by atoms with E-state index in [0.717, 1.165) is 6.08 Å². The third kappa shape index (κ3) is 13.5. The van der Waals surface area contributed by atoms with Crippen molar-refractivity contribution < 1.29 is 151 Å². The lowest BCUT2D eigenvalue weighted by Gasteiger charge is -2.32. The third-order valence-electron chi connectivity index (χ3n) is 16.4. The lowest BCUT2D eigenvalue weighted by molar-refractivity contribution is -0.174. The Morgan fingerprint density at radius 1 is 0.494 bits per heavy atom. The van der Waals surface area contributed by atoms with Crippen LogP contribution in [0.5, 0.6) is 0 Å². The Kier molecular flexibility index (Phi) is 18.5. The van der Waals surface area contributed by atoms with E-state index in [2.05, 4.69) is 35.8 Å². The van der Waals surface area contributed by atoms with Crippen LogP contribution in [0.25, 0.3) is 0 Å². The second kappa shape index (κ2) is 25.3. The summed E-state index contributed by atoms with van der Waals surface area (Å²) >= 11 is 0. The van der Waals surface area contributed by atoms with Gasteiger partial charge in [-0.05, 0) is 60.3 Å². The summed E-state index contributed by atoms with van der Waals surface area (Å²) < 4.78 is 118. The van der Waals surface area contributed by atoms with Crippen molar-refractivity contribution in [1.82, 2.24) is 0 Å². The van der Waals surface area contributed by atoms with Crippen LogP contribution < -0.4 is 0 Å². The number of carbonyl (C=O) groups is 13. The van der Waals surface area contributed by atoms with Crippen molar-refractivity contribution in [3.8, 4) is 0 Å². The maximum Gasteiger partial charge on any atom is 0.422 e. The van der Waals surface area contributed by atoms with E-state index in [1.807, 2.05) is 0 Å². The third-order valence-corrected chi connectivity index (χ3v) is 16.4. The van der Waals surface area contributed by atoms with E-state index in [1.165, 1.54) is 13.8 Å². The van der Waals surface area contributed by atoms with Gasteiger partial charge < -0.3 is 75.8 Å². The van der Waals surface area contributed by atoms with Gasteiger partial charge in [-0.15, -0.1) is 0 Å². The molecule has 8 bridgehead atoms. The van der Waals surface area contributed by atoms with Crippen molar-refractivity contribution in [3.05, 3.63) is 49.1 Å². The fourth-order valence-electron chi connectivity index (χ4n) is 12.7. The van der Waals surface area contributed by atoms with Gasteiger partial charge in [-0.1, -0.05) is 26.3 Å². The first kappa shape index (κ1) is 65.2. The second-order valence-corrected chi connectivity index (χ2v) is 23.6. The summed E-state index contributed by atoms with van der Waals surface area (Å²) in [6.07, 6.45) is -9.49. The van der Waals surface area contributed by atoms with Gasteiger partial charge in [-0.3, -0.25) is 24.0 Å². The number of rotatable bonds is 17. The molecule has 2 aliphatic carbocycles. The van der Waals surface area contributed by atoms with Gasteiger partial charge in [0, 0.05) is 29.1 Å². The molecule has 29 nitrogen and oxygen atoms in total. The molecule has 10 heterocycles. The maximum atomic E-state index is 12.7. The highest BCUT2D eigenvalue weighted by atomic mass is 19.4. The first-order valence-corrected chi connectivity index (χ1v) is 27.9. The number of esters is 13. The summed E-state index contributed by atoms with van der Waals surface area (Å²) in [7, 11) is 0. The highest BCUT2D eigenvalue weighted by Crippen LogP contribution is 2.59. The van der Waals surface area contributed by atoms with E-state index in [4.69, 9.17) is 66.3 Å². The number of alkyl halides is 3. The molecule has 10 aliphatic heterocycles. The quantitative estimate of drug-likeness (QED) is 0.109. The number of ether oxygens (including phenoxy) is 16. The van der Waals surface area contributed by atoms with Crippen molar-refractivity contribution in [3.63, 3.8) is 0 Å². The summed E-state index contributed by atoms with van der Waals surface area (Å²) in [6.45, 7) is 18.2. The minimum Gasteiger partial charge on any atom is -0.460 e. The van der Waals surface area contributed by atoms with E-state index in [1.54, 1.807) is 20.8 Å². The van der Waals surface area contributed by atoms with E-state index < -0.39 is 182 Å². The highest BCUT2D eigenvalue weighted by Gasteiger charge is 2.71. The molecular formula is C57H61F3O29.